The van der Waals surface area contributed by atoms with Gasteiger partial charge in [-0.2, -0.15) is 0 Å². The summed E-state index contributed by atoms with van der Waals surface area (Å²) in [7, 11) is 0. The SMILES string of the molecule is Cc1ccc(C)c(C(N)COc2cc(F)ccc2F)c1. The minimum Gasteiger partial charge on any atom is -0.488 e. The lowest BCUT2D eigenvalue weighted by molar-refractivity contribution is 0.275. The summed E-state index contributed by atoms with van der Waals surface area (Å²) in [5.41, 5.74) is 9.15. The summed E-state index contributed by atoms with van der Waals surface area (Å²) >= 11 is 0. The quantitative estimate of drug-likeness (QED) is 0.925. The Labute approximate surface area is 117 Å². The van der Waals surface area contributed by atoms with Crippen molar-refractivity contribution in [3.05, 3.63) is 64.7 Å². The monoisotopic (exact) mass is 277 g/mol. The molecule has 0 aliphatic rings. The number of benzene rings is 2. The van der Waals surface area contributed by atoms with E-state index in [0.29, 0.717) is 0 Å². The molecule has 20 heavy (non-hydrogen) atoms. The van der Waals surface area contributed by atoms with E-state index in [2.05, 4.69) is 0 Å². The van der Waals surface area contributed by atoms with Crippen molar-refractivity contribution in [2.75, 3.05) is 6.61 Å². The highest BCUT2D eigenvalue weighted by molar-refractivity contribution is 5.33. The maximum absolute atomic E-state index is 13.4. The second-order valence-corrected chi connectivity index (χ2v) is 4.85. The third-order valence-electron chi connectivity index (χ3n) is 3.15. The molecule has 2 N–H and O–H groups in total. The Morgan fingerprint density at radius 1 is 1.10 bits per heavy atom. The number of hydrogen-bond acceptors (Lipinski definition) is 2. The van der Waals surface area contributed by atoms with Gasteiger partial charge in [0.15, 0.2) is 11.6 Å². The summed E-state index contributed by atoms with van der Waals surface area (Å²) in [5, 5.41) is 0. The highest BCUT2D eigenvalue weighted by atomic mass is 19.1. The second-order valence-electron chi connectivity index (χ2n) is 4.85. The van der Waals surface area contributed by atoms with Crippen LogP contribution in [0.3, 0.4) is 0 Å². The first-order valence-electron chi connectivity index (χ1n) is 6.38. The maximum Gasteiger partial charge on any atom is 0.165 e. The molecule has 1 atom stereocenters. The van der Waals surface area contributed by atoms with E-state index in [9.17, 15) is 8.78 Å². The van der Waals surface area contributed by atoms with E-state index in [0.717, 1.165) is 34.9 Å². The summed E-state index contributed by atoms with van der Waals surface area (Å²) in [4.78, 5) is 0. The van der Waals surface area contributed by atoms with Crippen LogP contribution in [0.2, 0.25) is 0 Å². The molecule has 106 valence electrons. The first-order chi connectivity index (χ1) is 9.47. The van der Waals surface area contributed by atoms with Gasteiger partial charge in [0.1, 0.15) is 12.4 Å². The van der Waals surface area contributed by atoms with Crippen LogP contribution in [0.15, 0.2) is 36.4 Å². The molecule has 0 saturated heterocycles. The summed E-state index contributed by atoms with van der Waals surface area (Å²) in [6.07, 6.45) is 0. The van der Waals surface area contributed by atoms with Crippen molar-refractivity contribution in [3.8, 4) is 5.75 Å². The van der Waals surface area contributed by atoms with E-state index in [-0.39, 0.29) is 12.4 Å². The molecule has 0 fully saturated rings. The van der Waals surface area contributed by atoms with Crippen molar-refractivity contribution < 1.29 is 13.5 Å². The van der Waals surface area contributed by atoms with Crippen LogP contribution in [0.25, 0.3) is 0 Å². The Balaban J connectivity index is 2.10. The molecule has 0 heterocycles. The molecule has 0 aliphatic carbocycles. The van der Waals surface area contributed by atoms with Crippen LogP contribution < -0.4 is 10.5 Å². The van der Waals surface area contributed by atoms with Gasteiger partial charge in [-0.3, -0.25) is 0 Å². The summed E-state index contributed by atoms with van der Waals surface area (Å²) in [6, 6.07) is 8.67. The van der Waals surface area contributed by atoms with Crippen LogP contribution in [0.4, 0.5) is 8.78 Å². The molecule has 2 aromatic carbocycles. The molecular weight excluding hydrogens is 260 g/mol. The Hall–Kier alpha value is -1.94. The summed E-state index contributed by atoms with van der Waals surface area (Å²) in [6.45, 7) is 4.02. The summed E-state index contributed by atoms with van der Waals surface area (Å²) in [5.74, 6) is -1.26. The molecule has 0 aromatic heterocycles. The van der Waals surface area contributed by atoms with E-state index in [1.54, 1.807) is 0 Å². The minimum atomic E-state index is -0.598. The molecule has 2 aromatic rings. The van der Waals surface area contributed by atoms with Gasteiger partial charge < -0.3 is 10.5 Å². The minimum absolute atomic E-state index is 0.0880. The smallest absolute Gasteiger partial charge is 0.165 e. The first-order valence-corrected chi connectivity index (χ1v) is 6.38. The highest BCUT2D eigenvalue weighted by Gasteiger charge is 2.12. The van der Waals surface area contributed by atoms with Crippen LogP contribution in [0.1, 0.15) is 22.7 Å². The van der Waals surface area contributed by atoms with Gasteiger partial charge in [0.05, 0.1) is 6.04 Å². The predicted molar refractivity (Wildman–Crippen MR) is 74.7 cm³/mol. The lowest BCUT2D eigenvalue weighted by Crippen LogP contribution is -2.20. The number of halogens is 2. The number of aryl methyl sites for hydroxylation is 2. The standard InChI is InChI=1S/C16H17F2NO/c1-10-3-4-11(2)13(7-10)15(19)9-20-16-8-12(17)5-6-14(16)18/h3-8,15H,9,19H2,1-2H3. The largest absolute Gasteiger partial charge is 0.488 e. The van der Waals surface area contributed by atoms with Gasteiger partial charge in [0, 0.05) is 6.07 Å². The van der Waals surface area contributed by atoms with Crippen molar-refractivity contribution in [2.24, 2.45) is 5.73 Å². The molecule has 0 radical (unpaired) electrons. The van der Waals surface area contributed by atoms with Gasteiger partial charge in [0.25, 0.3) is 0 Å². The topological polar surface area (TPSA) is 35.2 Å². The zero-order valence-electron chi connectivity index (χ0n) is 11.5. The molecular formula is C16H17F2NO. The maximum atomic E-state index is 13.4. The number of hydrogen-bond donors (Lipinski definition) is 1. The molecule has 0 bridgehead atoms. The van der Waals surface area contributed by atoms with Crippen LogP contribution in [0, 0.1) is 25.5 Å². The van der Waals surface area contributed by atoms with Crippen molar-refractivity contribution in [1.82, 2.24) is 0 Å². The van der Waals surface area contributed by atoms with E-state index < -0.39 is 17.7 Å². The zero-order valence-corrected chi connectivity index (χ0v) is 11.5. The molecule has 1 unspecified atom stereocenters. The number of ether oxygens (including phenoxy) is 1. The average Bonchev–Trinajstić information content (AvgIpc) is 2.42. The van der Waals surface area contributed by atoms with E-state index in [1.165, 1.54) is 0 Å². The average molecular weight is 277 g/mol. The Kier molecular flexibility index (Phi) is 4.35. The van der Waals surface area contributed by atoms with Crippen molar-refractivity contribution in [2.45, 2.75) is 19.9 Å². The molecule has 2 rings (SSSR count). The number of rotatable bonds is 4. The second kappa shape index (κ2) is 6.01. The van der Waals surface area contributed by atoms with Crippen molar-refractivity contribution >= 4 is 0 Å². The van der Waals surface area contributed by atoms with Crippen LogP contribution in [-0.2, 0) is 0 Å². The molecule has 0 amide bonds. The first kappa shape index (κ1) is 14.5. The molecule has 2 nitrogen and oxygen atoms in total. The fourth-order valence-electron chi connectivity index (χ4n) is 2.02. The predicted octanol–water partition coefficient (Wildman–Crippen LogP) is 3.66. The molecule has 0 saturated carbocycles. The van der Waals surface area contributed by atoms with Gasteiger partial charge in [0.2, 0.25) is 0 Å². The number of nitrogens with two attached hydrogens (primary N) is 1. The molecule has 0 spiro atoms. The van der Waals surface area contributed by atoms with Crippen LogP contribution in [-0.4, -0.2) is 6.61 Å². The Morgan fingerprint density at radius 2 is 1.85 bits per heavy atom. The molecule has 4 heteroatoms. The van der Waals surface area contributed by atoms with E-state index in [4.69, 9.17) is 10.5 Å². The van der Waals surface area contributed by atoms with E-state index in [1.807, 2.05) is 32.0 Å². The van der Waals surface area contributed by atoms with Gasteiger partial charge in [-0.25, -0.2) is 8.78 Å². The summed E-state index contributed by atoms with van der Waals surface area (Å²) < 4.78 is 31.8. The van der Waals surface area contributed by atoms with Crippen molar-refractivity contribution in [1.29, 1.82) is 0 Å². The molecule has 0 aliphatic heterocycles. The van der Waals surface area contributed by atoms with Gasteiger partial charge in [-0.1, -0.05) is 23.8 Å². The van der Waals surface area contributed by atoms with Crippen LogP contribution in [0.5, 0.6) is 5.75 Å². The Bertz CT molecular complexity index is 613. The highest BCUT2D eigenvalue weighted by Crippen LogP contribution is 2.22. The lowest BCUT2D eigenvalue weighted by Gasteiger charge is -2.16. The Morgan fingerprint density at radius 3 is 2.60 bits per heavy atom. The van der Waals surface area contributed by atoms with Crippen LogP contribution >= 0.6 is 0 Å². The third kappa shape index (κ3) is 3.33. The van der Waals surface area contributed by atoms with E-state index >= 15 is 0 Å². The fraction of sp³-hybridized carbons (Fsp3) is 0.250. The normalized spacial score (nSPS) is 12.2. The van der Waals surface area contributed by atoms with Gasteiger partial charge in [-0.05, 0) is 37.1 Å². The van der Waals surface area contributed by atoms with Gasteiger partial charge >= 0.3 is 0 Å². The fourth-order valence-corrected chi connectivity index (χ4v) is 2.02. The lowest BCUT2D eigenvalue weighted by atomic mass is 10.00. The van der Waals surface area contributed by atoms with Gasteiger partial charge in [-0.15, -0.1) is 0 Å². The van der Waals surface area contributed by atoms with Crippen molar-refractivity contribution in [3.63, 3.8) is 0 Å². The zero-order chi connectivity index (χ0) is 14.7. The third-order valence-corrected chi connectivity index (χ3v) is 3.15.